The van der Waals surface area contributed by atoms with Crippen LogP contribution >= 0.6 is 0 Å². The van der Waals surface area contributed by atoms with E-state index < -0.39 is 0 Å². The van der Waals surface area contributed by atoms with Crippen molar-refractivity contribution in [3.63, 3.8) is 0 Å². The van der Waals surface area contributed by atoms with Crippen LogP contribution in [-0.2, 0) is 11.2 Å². The zero-order valence-corrected chi connectivity index (χ0v) is 12.1. The van der Waals surface area contributed by atoms with Gasteiger partial charge in [-0.2, -0.15) is 0 Å². The fourth-order valence-corrected chi connectivity index (χ4v) is 2.77. The summed E-state index contributed by atoms with van der Waals surface area (Å²) in [5.41, 5.74) is 1.16. The highest BCUT2D eigenvalue weighted by atomic mass is 19.1. The first-order valence-corrected chi connectivity index (χ1v) is 7.38. The largest absolute Gasteiger partial charge is 0.355 e. The molecule has 1 aromatic carbocycles. The van der Waals surface area contributed by atoms with Crippen molar-refractivity contribution in [3.8, 4) is 0 Å². The molecule has 2 rings (SSSR count). The number of amides is 1. The molecule has 0 saturated carbocycles. The van der Waals surface area contributed by atoms with E-state index in [9.17, 15) is 9.18 Å². The van der Waals surface area contributed by atoms with Crippen molar-refractivity contribution in [2.75, 3.05) is 19.6 Å². The van der Waals surface area contributed by atoms with Gasteiger partial charge in [0, 0.05) is 26.1 Å². The number of likely N-dealkylation sites (tertiary alicyclic amines) is 1. The molecule has 1 fully saturated rings. The van der Waals surface area contributed by atoms with E-state index in [2.05, 4.69) is 10.2 Å². The molecule has 0 radical (unpaired) electrons. The summed E-state index contributed by atoms with van der Waals surface area (Å²) < 4.78 is 12.9. The third kappa shape index (κ3) is 4.60. The minimum Gasteiger partial charge on any atom is -0.355 e. The number of nitrogens with one attached hydrogen (secondary N) is 1. The van der Waals surface area contributed by atoms with Gasteiger partial charge in [-0.3, -0.25) is 9.69 Å². The lowest BCUT2D eigenvalue weighted by atomic mass is 10.0. The second kappa shape index (κ2) is 7.39. The van der Waals surface area contributed by atoms with Crippen molar-refractivity contribution in [2.24, 2.45) is 0 Å². The third-order valence-electron chi connectivity index (χ3n) is 3.94. The van der Waals surface area contributed by atoms with Crippen LogP contribution in [0.1, 0.15) is 31.7 Å². The van der Waals surface area contributed by atoms with Crippen LogP contribution in [0.3, 0.4) is 0 Å². The summed E-state index contributed by atoms with van der Waals surface area (Å²) in [4.78, 5) is 13.5. The summed E-state index contributed by atoms with van der Waals surface area (Å²) in [6.45, 7) is 4.35. The Morgan fingerprint density at radius 1 is 1.35 bits per heavy atom. The number of benzene rings is 1. The van der Waals surface area contributed by atoms with E-state index in [1.807, 2.05) is 12.1 Å². The average molecular weight is 278 g/mol. The molecule has 1 aromatic rings. The van der Waals surface area contributed by atoms with Crippen LogP contribution in [0.5, 0.6) is 0 Å². The fraction of sp³-hybridized carbons (Fsp3) is 0.562. The molecular formula is C16H23FN2O. The van der Waals surface area contributed by atoms with Crippen LogP contribution in [-0.4, -0.2) is 36.5 Å². The molecule has 4 heteroatoms. The van der Waals surface area contributed by atoms with Gasteiger partial charge in [-0.1, -0.05) is 18.6 Å². The first-order valence-electron chi connectivity index (χ1n) is 7.38. The van der Waals surface area contributed by atoms with E-state index in [4.69, 9.17) is 0 Å². The van der Waals surface area contributed by atoms with E-state index in [1.54, 1.807) is 6.92 Å². The van der Waals surface area contributed by atoms with Gasteiger partial charge in [-0.05, 0) is 43.5 Å². The number of halogens is 1. The molecule has 1 saturated heterocycles. The van der Waals surface area contributed by atoms with Gasteiger partial charge in [-0.15, -0.1) is 0 Å². The Hall–Kier alpha value is -1.42. The predicted molar refractivity (Wildman–Crippen MR) is 78.0 cm³/mol. The predicted octanol–water partition coefficient (Wildman–Crippen LogP) is 2.36. The number of rotatable bonds is 5. The second-order valence-corrected chi connectivity index (χ2v) is 5.50. The molecule has 3 nitrogen and oxygen atoms in total. The van der Waals surface area contributed by atoms with E-state index in [0.717, 1.165) is 38.0 Å². The Morgan fingerprint density at radius 2 is 2.10 bits per heavy atom. The van der Waals surface area contributed by atoms with Gasteiger partial charge in [0.1, 0.15) is 5.82 Å². The maximum Gasteiger partial charge on any atom is 0.216 e. The van der Waals surface area contributed by atoms with Crippen LogP contribution < -0.4 is 5.32 Å². The molecular weight excluding hydrogens is 255 g/mol. The zero-order chi connectivity index (χ0) is 14.4. The quantitative estimate of drug-likeness (QED) is 0.896. The van der Waals surface area contributed by atoms with Crippen molar-refractivity contribution in [1.29, 1.82) is 0 Å². The Bertz CT molecular complexity index is 433. The van der Waals surface area contributed by atoms with E-state index in [-0.39, 0.29) is 11.7 Å². The summed E-state index contributed by atoms with van der Waals surface area (Å²) >= 11 is 0. The summed E-state index contributed by atoms with van der Waals surface area (Å²) in [5.74, 6) is -0.149. The normalized spacial score (nSPS) is 19.8. The van der Waals surface area contributed by atoms with Gasteiger partial charge in [0.15, 0.2) is 0 Å². The van der Waals surface area contributed by atoms with Gasteiger partial charge >= 0.3 is 0 Å². The van der Waals surface area contributed by atoms with Gasteiger partial charge in [0.25, 0.3) is 0 Å². The standard InChI is InChI=1S/C16H23FN2O/c1-13(20)18-12-16-4-2-3-10-19(16)11-9-14-5-7-15(17)8-6-14/h5-8,16H,2-4,9-12H2,1H3,(H,18,20). The van der Waals surface area contributed by atoms with Crippen LogP contribution in [0.4, 0.5) is 4.39 Å². The molecule has 1 unspecified atom stereocenters. The SMILES string of the molecule is CC(=O)NCC1CCCCN1CCc1ccc(F)cc1. The molecule has 1 amide bonds. The van der Waals surface area contributed by atoms with Crippen LogP contribution in [0.25, 0.3) is 0 Å². The molecule has 110 valence electrons. The van der Waals surface area contributed by atoms with Crippen molar-refractivity contribution in [1.82, 2.24) is 10.2 Å². The summed E-state index contributed by atoms with van der Waals surface area (Å²) in [7, 11) is 0. The molecule has 1 aliphatic rings. The minimum atomic E-state index is -0.185. The minimum absolute atomic E-state index is 0.0362. The Balaban J connectivity index is 1.84. The molecule has 20 heavy (non-hydrogen) atoms. The van der Waals surface area contributed by atoms with Crippen molar-refractivity contribution < 1.29 is 9.18 Å². The highest BCUT2D eigenvalue weighted by Gasteiger charge is 2.21. The van der Waals surface area contributed by atoms with Crippen molar-refractivity contribution in [2.45, 2.75) is 38.6 Å². The number of nitrogens with zero attached hydrogens (tertiary/aromatic N) is 1. The number of piperidine rings is 1. The maximum absolute atomic E-state index is 12.9. The number of carbonyl (C=O) groups excluding carboxylic acids is 1. The zero-order valence-electron chi connectivity index (χ0n) is 12.1. The molecule has 1 N–H and O–H groups in total. The second-order valence-electron chi connectivity index (χ2n) is 5.50. The van der Waals surface area contributed by atoms with E-state index in [0.29, 0.717) is 6.04 Å². The first-order chi connectivity index (χ1) is 9.65. The number of hydrogen-bond acceptors (Lipinski definition) is 2. The fourth-order valence-electron chi connectivity index (χ4n) is 2.77. The number of carbonyl (C=O) groups is 1. The highest BCUT2D eigenvalue weighted by Crippen LogP contribution is 2.17. The smallest absolute Gasteiger partial charge is 0.216 e. The highest BCUT2D eigenvalue weighted by molar-refractivity contribution is 5.72. The maximum atomic E-state index is 12.9. The van der Waals surface area contributed by atoms with E-state index in [1.165, 1.54) is 25.0 Å². The van der Waals surface area contributed by atoms with Gasteiger partial charge in [0.2, 0.25) is 5.91 Å². The van der Waals surface area contributed by atoms with Crippen LogP contribution in [0, 0.1) is 5.82 Å². The average Bonchev–Trinajstić information content (AvgIpc) is 2.45. The Morgan fingerprint density at radius 3 is 2.80 bits per heavy atom. The Kier molecular flexibility index (Phi) is 5.53. The lowest BCUT2D eigenvalue weighted by Gasteiger charge is -2.35. The molecule has 1 atom stereocenters. The molecule has 1 aliphatic heterocycles. The summed E-state index contributed by atoms with van der Waals surface area (Å²) in [6.07, 6.45) is 4.53. The lowest BCUT2D eigenvalue weighted by Crippen LogP contribution is -2.47. The van der Waals surface area contributed by atoms with Gasteiger partial charge < -0.3 is 5.32 Å². The molecule has 0 spiro atoms. The lowest BCUT2D eigenvalue weighted by molar-refractivity contribution is -0.119. The van der Waals surface area contributed by atoms with Crippen molar-refractivity contribution >= 4 is 5.91 Å². The van der Waals surface area contributed by atoms with Gasteiger partial charge in [-0.25, -0.2) is 4.39 Å². The van der Waals surface area contributed by atoms with E-state index >= 15 is 0 Å². The van der Waals surface area contributed by atoms with Gasteiger partial charge in [0.05, 0.1) is 0 Å². The first kappa shape index (κ1) is 15.0. The van der Waals surface area contributed by atoms with Crippen LogP contribution in [0.2, 0.25) is 0 Å². The molecule has 0 aromatic heterocycles. The Labute approximate surface area is 120 Å². The van der Waals surface area contributed by atoms with Crippen molar-refractivity contribution in [3.05, 3.63) is 35.6 Å². The van der Waals surface area contributed by atoms with Crippen LogP contribution in [0.15, 0.2) is 24.3 Å². The molecule has 0 aliphatic carbocycles. The molecule has 1 heterocycles. The third-order valence-corrected chi connectivity index (χ3v) is 3.94. The summed E-state index contributed by atoms with van der Waals surface area (Å²) in [5, 5.41) is 2.92. The molecule has 0 bridgehead atoms. The number of hydrogen-bond donors (Lipinski definition) is 1. The topological polar surface area (TPSA) is 32.3 Å². The summed E-state index contributed by atoms with van der Waals surface area (Å²) in [6, 6.07) is 7.17. The monoisotopic (exact) mass is 278 g/mol.